The summed E-state index contributed by atoms with van der Waals surface area (Å²) in [4.78, 5) is 20.3. The van der Waals surface area contributed by atoms with Gasteiger partial charge < -0.3 is 39.3 Å². The van der Waals surface area contributed by atoms with Gasteiger partial charge in [0.2, 0.25) is 18.0 Å². The van der Waals surface area contributed by atoms with Crippen molar-refractivity contribution in [1.82, 2.24) is 0 Å². The largest absolute Gasteiger partial charge is 0.493 e. The lowest BCUT2D eigenvalue weighted by Crippen LogP contribution is -2.64. The van der Waals surface area contributed by atoms with Crippen LogP contribution in [0.15, 0.2) is 112 Å². The van der Waals surface area contributed by atoms with Crippen molar-refractivity contribution < 1.29 is 38.8 Å². The number of hydrogen-bond donors (Lipinski definition) is 3. The summed E-state index contributed by atoms with van der Waals surface area (Å²) in [6.07, 6.45) is 12.1. The van der Waals surface area contributed by atoms with Gasteiger partial charge in [-0.05, 0) is 111 Å². The Kier molecular flexibility index (Phi) is 16.1. The Labute approximate surface area is 363 Å². The lowest BCUT2D eigenvalue weighted by molar-refractivity contribution is -0.223. The van der Waals surface area contributed by atoms with E-state index in [0.29, 0.717) is 26.1 Å². The van der Waals surface area contributed by atoms with Crippen LogP contribution in [-0.4, -0.2) is 77.9 Å². The highest BCUT2D eigenvalue weighted by Gasteiger charge is 2.64. The first-order valence-corrected chi connectivity index (χ1v) is 23.5. The molecule has 1 unspecified atom stereocenters. The lowest BCUT2D eigenvalue weighted by atomic mass is 9.56. The van der Waals surface area contributed by atoms with Crippen LogP contribution in [0.5, 0.6) is 11.5 Å². The van der Waals surface area contributed by atoms with Crippen molar-refractivity contribution in [2.45, 2.75) is 104 Å². The zero-order valence-corrected chi connectivity index (χ0v) is 36.3. The van der Waals surface area contributed by atoms with E-state index in [1.165, 1.54) is 11.8 Å². The van der Waals surface area contributed by atoms with Gasteiger partial charge in [0.05, 0.1) is 36.7 Å². The molecule has 0 spiro atoms. The van der Waals surface area contributed by atoms with Crippen molar-refractivity contribution in [2.24, 2.45) is 22.9 Å². The summed E-state index contributed by atoms with van der Waals surface area (Å²) >= 11 is 3.45. The minimum Gasteiger partial charge on any atom is -0.493 e. The minimum atomic E-state index is -1.13. The molecule has 3 aromatic rings. The number of benzene rings is 3. The second kappa shape index (κ2) is 21.8. The number of oxime groups is 1. The van der Waals surface area contributed by atoms with E-state index >= 15 is 0 Å². The van der Waals surface area contributed by atoms with E-state index in [4.69, 9.17) is 28.9 Å². The van der Waals surface area contributed by atoms with E-state index in [9.17, 15) is 15.0 Å². The van der Waals surface area contributed by atoms with Crippen LogP contribution in [0.3, 0.4) is 0 Å². The summed E-state index contributed by atoms with van der Waals surface area (Å²) in [5.41, 5.74) is 3.74. The van der Waals surface area contributed by atoms with Crippen molar-refractivity contribution in [3.05, 3.63) is 103 Å². The molecule has 10 nitrogen and oxygen atoms in total. The van der Waals surface area contributed by atoms with Crippen molar-refractivity contribution in [2.75, 3.05) is 44.1 Å². The fourth-order valence-electron chi connectivity index (χ4n) is 9.25. The van der Waals surface area contributed by atoms with Crippen LogP contribution in [0.2, 0.25) is 0 Å². The molecule has 322 valence electrons. The number of unbranched alkanes of at least 4 members (excludes halogenated alkanes) is 2. The Morgan fingerprint density at radius 1 is 1.00 bits per heavy atom. The van der Waals surface area contributed by atoms with E-state index < -0.39 is 12.1 Å². The molecule has 2 fully saturated rings. The predicted octanol–water partition coefficient (Wildman–Crippen LogP) is 9.77. The second-order valence-electron chi connectivity index (χ2n) is 16.0. The number of fused-ring (bicyclic) bond motifs is 2. The number of anilines is 1. The molecule has 4 aliphatic rings. The summed E-state index contributed by atoms with van der Waals surface area (Å²) in [5.74, 6) is 1.13. The van der Waals surface area contributed by atoms with Gasteiger partial charge in [0.15, 0.2) is 0 Å². The number of aliphatic hydroxyl groups excluding tert-OH is 2. The maximum atomic E-state index is 11.8. The van der Waals surface area contributed by atoms with Crippen molar-refractivity contribution >= 4 is 40.8 Å². The van der Waals surface area contributed by atoms with Crippen LogP contribution in [0.1, 0.15) is 82.6 Å². The van der Waals surface area contributed by atoms with Gasteiger partial charge in [0.25, 0.3) is 0 Å². The maximum absolute atomic E-state index is 11.8. The van der Waals surface area contributed by atoms with Crippen molar-refractivity contribution in [3.63, 3.8) is 0 Å². The smallest absolute Gasteiger partial charge is 0.231 e. The summed E-state index contributed by atoms with van der Waals surface area (Å²) in [5, 5.41) is 27.4. The van der Waals surface area contributed by atoms with E-state index in [-0.39, 0.29) is 54.6 Å². The standard InChI is InChI=1S/C48H60N2O8S2/c1-3-26-56-48-44(60-38-21-18-35(19-22-38)49-33(2)53)32-42(50-58-45-17-9-12-27-55-45)40-30-34(13-7-10-24-51)39(16-8-11-25-52)46(47(40)48)41-31-36(20-23-43(41)57-48)54-28-29-59-37-14-5-4-6-15-37/h3-6,14-15,18-23,30-31,34,39,44-47,51-52H,1,7-13,16-17,24-29,32H2,2H3,(H,49,53)/t34-,39+,44-,45?,46+,47+,48+/m0/s1. The first kappa shape index (κ1) is 44.3. The fraction of sp³-hybridized carbons (Fsp3) is 0.500. The van der Waals surface area contributed by atoms with Gasteiger partial charge in [-0.1, -0.05) is 48.3 Å². The Hall–Kier alpha value is -3.78. The van der Waals surface area contributed by atoms with Crippen molar-refractivity contribution in [3.8, 4) is 11.5 Å². The lowest BCUT2D eigenvalue weighted by Gasteiger charge is -2.58. The topological polar surface area (TPSA) is 128 Å². The molecule has 7 rings (SSSR count). The number of nitrogens with zero attached hydrogens (tertiary/aromatic N) is 1. The summed E-state index contributed by atoms with van der Waals surface area (Å²) < 4.78 is 26.9. The van der Waals surface area contributed by atoms with Gasteiger partial charge in [-0.15, -0.1) is 30.1 Å². The molecule has 3 aromatic carbocycles. The summed E-state index contributed by atoms with van der Waals surface area (Å²) in [6, 6.07) is 24.5. The number of aliphatic hydroxyl groups is 2. The molecule has 3 N–H and O–H groups in total. The Morgan fingerprint density at radius 2 is 1.80 bits per heavy atom. The number of carbonyl (C=O) groups is 1. The molecule has 1 amide bonds. The average molecular weight is 857 g/mol. The molecule has 0 bridgehead atoms. The van der Waals surface area contributed by atoms with Crippen molar-refractivity contribution in [1.29, 1.82) is 0 Å². The van der Waals surface area contributed by atoms with Crippen LogP contribution in [0.4, 0.5) is 5.69 Å². The molecule has 0 radical (unpaired) electrons. The molecule has 2 heterocycles. The van der Waals surface area contributed by atoms with Gasteiger partial charge in [0, 0.05) is 65.7 Å². The number of carbonyl (C=O) groups excluding carboxylic acids is 1. The number of nitrogens with one attached hydrogen (secondary N) is 1. The maximum Gasteiger partial charge on any atom is 0.231 e. The SMILES string of the molecule is C=CCO[C@@]12Oc3ccc(OCCSc4ccccc4)cc3[C@H]3[C@H](CCCCO)[C@@H](CCCCO)C=C(C(=NOC4CCCCO4)C[C@@H]1Sc1ccc(NC(C)=O)cc1)[C@H]32. The molecule has 1 saturated heterocycles. The van der Waals surface area contributed by atoms with Crippen LogP contribution in [-0.2, 0) is 19.1 Å². The number of hydrogen-bond acceptors (Lipinski definition) is 11. The zero-order valence-electron chi connectivity index (χ0n) is 34.7. The van der Waals surface area contributed by atoms with Gasteiger partial charge in [-0.25, -0.2) is 0 Å². The Balaban J connectivity index is 1.33. The fourth-order valence-corrected chi connectivity index (χ4v) is 11.3. The van der Waals surface area contributed by atoms with Crippen LogP contribution in [0, 0.1) is 17.8 Å². The third-order valence-electron chi connectivity index (χ3n) is 11.9. The number of rotatable bonds is 21. The average Bonchev–Trinajstić information content (AvgIpc) is 3.26. The zero-order chi connectivity index (χ0) is 41.7. The molecule has 0 aromatic heterocycles. The van der Waals surface area contributed by atoms with Crippen LogP contribution < -0.4 is 14.8 Å². The summed E-state index contributed by atoms with van der Waals surface area (Å²) in [7, 11) is 0. The number of allylic oxidation sites excluding steroid dienone is 1. The van der Waals surface area contributed by atoms with E-state index in [2.05, 4.69) is 48.3 Å². The Morgan fingerprint density at radius 3 is 2.53 bits per heavy atom. The van der Waals surface area contributed by atoms with Crippen LogP contribution >= 0.6 is 23.5 Å². The number of amides is 1. The highest BCUT2D eigenvalue weighted by atomic mass is 32.2. The quantitative estimate of drug-likeness (QED) is 0.0413. The second-order valence-corrected chi connectivity index (χ2v) is 18.4. The molecule has 1 saturated carbocycles. The van der Waals surface area contributed by atoms with Gasteiger partial charge >= 0.3 is 0 Å². The molecular weight excluding hydrogens is 797 g/mol. The molecule has 7 atom stereocenters. The van der Waals surface area contributed by atoms with E-state index in [1.54, 1.807) is 29.6 Å². The van der Waals surface area contributed by atoms with E-state index in [1.807, 2.05) is 42.5 Å². The highest BCUT2D eigenvalue weighted by molar-refractivity contribution is 8.00. The molecule has 12 heteroatoms. The highest BCUT2D eigenvalue weighted by Crippen LogP contribution is 2.63. The van der Waals surface area contributed by atoms with Gasteiger partial charge in [-0.2, -0.15) is 0 Å². The predicted molar refractivity (Wildman–Crippen MR) is 239 cm³/mol. The van der Waals surface area contributed by atoms with Crippen LogP contribution in [0.25, 0.3) is 0 Å². The van der Waals surface area contributed by atoms with Gasteiger partial charge in [-0.3, -0.25) is 4.79 Å². The molecular formula is C48H60N2O8S2. The summed E-state index contributed by atoms with van der Waals surface area (Å²) in [6.45, 7) is 7.33. The normalized spacial score (nSPS) is 26.2. The molecule has 2 aliphatic heterocycles. The molecule has 60 heavy (non-hydrogen) atoms. The minimum absolute atomic E-state index is 0.0553. The number of thioether (sulfide) groups is 2. The number of ether oxygens (including phenoxy) is 4. The third-order valence-corrected chi connectivity index (χ3v) is 14.2. The van der Waals surface area contributed by atoms with E-state index in [0.717, 1.165) is 96.0 Å². The third kappa shape index (κ3) is 10.8. The Bertz CT molecular complexity index is 1920. The first-order chi connectivity index (χ1) is 29.4. The monoisotopic (exact) mass is 856 g/mol. The van der Waals surface area contributed by atoms with Gasteiger partial charge in [0.1, 0.15) is 11.5 Å². The first-order valence-electron chi connectivity index (χ1n) is 21.6. The molecule has 2 aliphatic carbocycles.